The van der Waals surface area contributed by atoms with E-state index in [1.807, 2.05) is 30.3 Å². The third-order valence-electron chi connectivity index (χ3n) is 5.86. The molecule has 0 unspecified atom stereocenters. The van der Waals surface area contributed by atoms with E-state index in [1.54, 1.807) is 18.2 Å². The normalized spacial score (nSPS) is 14.8. The Morgan fingerprint density at radius 1 is 1.16 bits per heavy atom. The number of aromatic amines is 1. The third-order valence-corrected chi connectivity index (χ3v) is 7.04. The van der Waals surface area contributed by atoms with Crippen molar-refractivity contribution >= 4 is 51.2 Å². The van der Waals surface area contributed by atoms with Gasteiger partial charge in [-0.3, -0.25) is 14.2 Å². The molecule has 0 spiro atoms. The summed E-state index contributed by atoms with van der Waals surface area (Å²) in [5, 5.41) is 5.00. The first kappa shape index (κ1) is 21.1. The molecule has 1 amide bonds. The lowest BCUT2D eigenvalue weighted by atomic mass is 9.95. The van der Waals surface area contributed by atoms with Gasteiger partial charge in [-0.05, 0) is 37.1 Å². The minimum Gasteiger partial charge on any atom is -0.353 e. The second kappa shape index (κ2) is 9.00. The van der Waals surface area contributed by atoms with Gasteiger partial charge < -0.3 is 10.3 Å². The van der Waals surface area contributed by atoms with Crippen LogP contribution in [-0.4, -0.2) is 32.2 Å². The average molecular weight is 467 g/mol. The number of nitrogens with one attached hydrogen (secondary N) is 2. The molecule has 1 aliphatic carbocycles. The number of halogens is 1. The van der Waals surface area contributed by atoms with Crippen LogP contribution < -0.4 is 10.9 Å². The highest BCUT2D eigenvalue weighted by Gasteiger charge is 2.20. The van der Waals surface area contributed by atoms with E-state index in [4.69, 9.17) is 16.6 Å². The van der Waals surface area contributed by atoms with E-state index in [1.165, 1.54) is 22.7 Å². The van der Waals surface area contributed by atoms with Crippen molar-refractivity contribution < 1.29 is 4.79 Å². The number of carbonyl (C=O) groups is 1. The van der Waals surface area contributed by atoms with E-state index in [9.17, 15) is 9.59 Å². The molecule has 0 saturated heterocycles. The van der Waals surface area contributed by atoms with E-state index in [-0.39, 0.29) is 23.3 Å². The Balaban J connectivity index is 1.54. The van der Waals surface area contributed by atoms with Crippen molar-refractivity contribution in [3.05, 3.63) is 63.9 Å². The van der Waals surface area contributed by atoms with Gasteiger partial charge >= 0.3 is 0 Å². The molecule has 2 aromatic heterocycles. The molecular formula is C24H23ClN4O2S. The van der Waals surface area contributed by atoms with Crippen molar-refractivity contribution in [3.8, 4) is 5.69 Å². The SMILES string of the molecule is O=C(CSc1nc2c([nH]c3ccccc32)c(=O)n1-c1cccc(Cl)c1)NC1CCCCC1. The third kappa shape index (κ3) is 4.14. The lowest BCUT2D eigenvalue weighted by molar-refractivity contribution is -0.119. The Morgan fingerprint density at radius 2 is 1.97 bits per heavy atom. The Kier molecular flexibility index (Phi) is 5.93. The van der Waals surface area contributed by atoms with Crippen LogP contribution in [0.5, 0.6) is 0 Å². The van der Waals surface area contributed by atoms with Gasteiger partial charge in [0.05, 0.1) is 11.4 Å². The smallest absolute Gasteiger partial charge is 0.283 e. The van der Waals surface area contributed by atoms with Crippen molar-refractivity contribution in [3.63, 3.8) is 0 Å². The number of aromatic nitrogens is 3. The number of nitrogens with zero attached hydrogens (tertiary/aromatic N) is 2. The summed E-state index contributed by atoms with van der Waals surface area (Å²) in [7, 11) is 0. The van der Waals surface area contributed by atoms with Crippen LogP contribution in [0, 0.1) is 0 Å². The molecule has 8 heteroatoms. The largest absolute Gasteiger partial charge is 0.353 e. The Morgan fingerprint density at radius 3 is 2.78 bits per heavy atom. The van der Waals surface area contributed by atoms with Crippen LogP contribution in [0.25, 0.3) is 27.6 Å². The molecule has 6 nitrogen and oxygen atoms in total. The van der Waals surface area contributed by atoms with Crippen LogP contribution in [-0.2, 0) is 4.79 Å². The molecule has 4 aromatic rings. The topological polar surface area (TPSA) is 79.8 Å². The van der Waals surface area contributed by atoms with Crippen LogP contribution in [0.4, 0.5) is 0 Å². The molecule has 1 fully saturated rings. The number of rotatable bonds is 5. The van der Waals surface area contributed by atoms with Crippen LogP contribution in [0.2, 0.25) is 5.02 Å². The number of para-hydroxylation sites is 1. The van der Waals surface area contributed by atoms with E-state index >= 15 is 0 Å². The summed E-state index contributed by atoms with van der Waals surface area (Å²) in [5.41, 5.74) is 2.29. The number of hydrogen-bond donors (Lipinski definition) is 2. The Hall–Kier alpha value is -2.77. The van der Waals surface area contributed by atoms with E-state index in [0.717, 1.165) is 36.6 Å². The van der Waals surface area contributed by atoms with E-state index < -0.39 is 0 Å². The van der Waals surface area contributed by atoms with Crippen LogP contribution in [0.3, 0.4) is 0 Å². The fraction of sp³-hybridized carbons (Fsp3) is 0.292. The average Bonchev–Trinajstić information content (AvgIpc) is 3.17. The predicted octanol–water partition coefficient (Wildman–Crippen LogP) is 5.06. The quantitative estimate of drug-likeness (QED) is 0.318. The van der Waals surface area contributed by atoms with Crippen LogP contribution in [0.15, 0.2) is 58.5 Å². The Labute approximate surface area is 194 Å². The maximum Gasteiger partial charge on any atom is 0.283 e. The maximum atomic E-state index is 13.5. The first-order chi connectivity index (χ1) is 15.6. The highest BCUT2D eigenvalue weighted by atomic mass is 35.5. The Bertz CT molecular complexity index is 1360. The molecule has 2 aromatic carbocycles. The zero-order valence-corrected chi connectivity index (χ0v) is 19.0. The monoisotopic (exact) mass is 466 g/mol. The van der Waals surface area contributed by atoms with Gasteiger partial charge in [0, 0.05) is 22.0 Å². The molecule has 0 radical (unpaired) electrons. The van der Waals surface area contributed by atoms with Crippen molar-refractivity contribution in [2.24, 2.45) is 0 Å². The molecule has 0 aliphatic heterocycles. The highest BCUT2D eigenvalue weighted by Crippen LogP contribution is 2.27. The summed E-state index contributed by atoms with van der Waals surface area (Å²) in [6.45, 7) is 0. The zero-order chi connectivity index (χ0) is 22.1. The van der Waals surface area contributed by atoms with E-state index in [2.05, 4.69) is 10.3 Å². The van der Waals surface area contributed by atoms with Crippen LogP contribution in [0.1, 0.15) is 32.1 Å². The number of carbonyl (C=O) groups excluding carboxylic acids is 1. The number of hydrogen-bond acceptors (Lipinski definition) is 4. The molecule has 1 aliphatic rings. The second-order valence-electron chi connectivity index (χ2n) is 8.10. The van der Waals surface area contributed by atoms with Gasteiger partial charge in [0.15, 0.2) is 5.16 Å². The van der Waals surface area contributed by atoms with Gasteiger partial charge in [-0.1, -0.05) is 66.9 Å². The molecule has 2 N–H and O–H groups in total. The van der Waals surface area contributed by atoms with Gasteiger partial charge in [-0.25, -0.2) is 4.98 Å². The van der Waals surface area contributed by atoms with Crippen molar-refractivity contribution in [1.29, 1.82) is 0 Å². The molecule has 0 atom stereocenters. The summed E-state index contributed by atoms with van der Waals surface area (Å²) in [6.07, 6.45) is 5.62. The summed E-state index contributed by atoms with van der Waals surface area (Å²) >= 11 is 7.47. The maximum absolute atomic E-state index is 13.5. The van der Waals surface area contributed by atoms with Gasteiger partial charge in [0.1, 0.15) is 11.0 Å². The minimum atomic E-state index is -0.219. The number of thioether (sulfide) groups is 1. The fourth-order valence-corrected chi connectivity index (χ4v) is 5.33. The summed E-state index contributed by atoms with van der Waals surface area (Å²) < 4.78 is 1.53. The van der Waals surface area contributed by atoms with Gasteiger partial charge in [0.2, 0.25) is 5.91 Å². The first-order valence-corrected chi connectivity index (χ1v) is 12.2. The molecule has 164 valence electrons. The number of fused-ring (bicyclic) bond motifs is 3. The molecule has 0 bridgehead atoms. The standard InChI is InChI=1S/C24H23ClN4O2S/c25-15-7-6-10-17(13-15)29-23(31)22-21(18-11-4-5-12-19(18)27-22)28-24(29)32-14-20(30)26-16-8-2-1-3-9-16/h4-7,10-13,16,27H,1-3,8-9,14H2,(H,26,30). The van der Waals surface area contributed by atoms with Crippen molar-refractivity contribution in [2.75, 3.05) is 5.75 Å². The number of benzene rings is 2. The molecule has 5 rings (SSSR count). The second-order valence-corrected chi connectivity index (χ2v) is 9.48. The fourth-order valence-electron chi connectivity index (χ4n) is 4.33. The highest BCUT2D eigenvalue weighted by molar-refractivity contribution is 7.99. The summed E-state index contributed by atoms with van der Waals surface area (Å²) in [4.78, 5) is 34.2. The molecular weight excluding hydrogens is 444 g/mol. The number of H-pyrrole nitrogens is 1. The lowest BCUT2D eigenvalue weighted by Gasteiger charge is -2.22. The minimum absolute atomic E-state index is 0.0344. The zero-order valence-electron chi connectivity index (χ0n) is 17.4. The van der Waals surface area contributed by atoms with Crippen molar-refractivity contribution in [1.82, 2.24) is 19.9 Å². The van der Waals surface area contributed by atoms with Crippen molar-refractivity contribution in [2.45, 2.75) is 43.3 Å². The van der Waals surface area contributed by atoms with Gasteiger partial charge in [-0.15, -0.1) is 0 Å². The van der Waals surface area contributed by atoms with E-state index in [0.29, 0.717) is 26.9 Å². The first-order valence-electron chi connectivity index (χ1n) is 10.8. The van der Waals surface area contributed by atoms with Gasteiger partial charge in [-0.2, -0.15) is 0 Å². The summed E-state index contributed by atoms with van der Waals surface area (Å²) in [6, 6.07) is 15.0. The van der Waals surface area contributed by atoms with Crippen LogP contribution >= 0.6 is 23.4 Å². The summed E-state index contributed by atoms with van der Waals surface area (Å²) in [5.74, 6) is 0.157. The molecule has 32 heavy (non-hydrogen) atoms. The number of amides is 1. The lowest BCUT2D eigenvalue weighted by Crippen LogP contribution is -2.37. The molecule has 2 heterocycles. The van der Waals surface area contributed by atoms with Gasteiger partial charge in [0.25, 0.3) is 5.56 Å². The predicted molar refractivity (Wildman–Crippen MR) is 130 cm³/mol. The molecule has 1 saturated carbocycles.